The SMILES string of the molecule is Cl.O=C(CNC(=O)C1COCCN1)Nc1cccc(F)c1. The first-order valence-corrected chi connectivity index (χ1v) is 6.29. The topological polar surface area (TPSA) is 79.5 Å². The highest BCUT2D eigenvalue weighted by Crippen LogP contribution is 2.08. The van der Waals surface area contributed by atoms with Gasteiger partial charge in [0.1, 0.15) is 11.9 Å². The number of carbonyl (C=O) groups excluding carboxylic acids is 2. The minimum Gasteiger partial charge on any atom is -0.378 e. The van der Waals surface area contributed by atoms with Gasteiger partial charge in [-0.05, 0) is 18.2 Å². The molecule has 0 radical (unpaired) electrons. The molecule has 0 aliphatic carbocycles. The summed E-state index contributed by atoms with van der Waals surface area (Å²) in [6.07, 6.45) is 0. The zero-order valence-electron chi connectivity index (χ0n) is 11.2. The maximum absolute atomic E-state index is 12.9. The maximum Gasteiger partial charge on any atom is 0.243 e. The molecular formula is C13H17ClFN3O3. The smallest absolute Gasteiger partial charge is 0.243 e. The van der Waals surface area contributed by atoms with Crippen molar-refractivity contribution in [2.75, 3.05) is 31.6 Å². The molecule has 2 amide bonds. The molecule has 0 saturated carbocycles. The largest absolute Gasteiger partial charge is 0.378 e. The number of nitrogens with one attached hydrogen (secondary N) is 3. The average Bonchev–Trinajstić information content (AvgIpc) is 2.46. The molecule has 3 N–H and O–H groups in total. The Bertz CT molecular complexity index is 495. The molecule has 0 aromatic heterocycles. The van der Waals surface area contributed by atoms with E-state index in [-0.39, 0.29) is 31.5 Å². The van der Waals surface area contributed by atoms with E-state index in [4.69, 9.17) is 4.74 Å². The number of benzene rings is 1. The van der Waals surface area contributed by atoms with Crippen LogP contribution in [0.4, 0.5) is 10.1 Å². The lowest BCUT2D eigenvalue weighted by molar-refractivity contribution is -0.128. The standard InChI is InChI=1S/C13H16FN3O3.ClH/c14-9-2-1-3-10(6-9)17-12(18)7-16-13(19)11-8-20-5-4-15-11;/h1-3,6,11,15H,4-5,7-8H2,(H,16,19)(H,17,18);1H. The summed E-state index contributed by atoms with van der Waals surface area (Å²) in [4.78, 5) is 23.3. The molecule has 6 nitrogen and oxygen atoms in total. The molecule has 1 aliphatic heterocycles. The lowest BCUT2D eigenvalue weighted by Crippen LogP contribution is -2.52. The number of rotatable bonds is 4. The number of ether oxygens (including phenoxy) is 1. The fraction of sp³-hybridized carbons (Fsp3) is 0.385. The van der Waals surface area contributed by atoms with Gasteiger partial charge in [-0.25, -0.2) is 4.39 Å². The molecular weight excluding hydrogens is 301 g/mol. The molecule has 1 aromatic rings. The molecule has 1 unspecified atom stereocenters. The van der Waals surface area contributed by atoms with Crippen LogP contribution < -0.4 is 16.0 Å². The second-order valence-electron chi connectivity index (χ2n) is 4.36. The lowest BCUT2D eigenvalue weighted by atomic mass is 10.2. The second-order valence-corrected chi connectivity index (χ2v) is 4.36. The van der Waals surface area contributed by atoms with Crippen LogP contribution in [0.5, 0.6) is 0 Å². The molecule has 116 valence electrons. The molecule has 1 aliphatic rings. The van der Waals surface area contributed by atoms with Crippen molar-refractivity contribution >= 4 is 29.9 Å². The Labute approximate surface area is 127 Å². The minimum atomic E-state index is -0.439. The second kappa shape index (κ2) is 8.56. The molecule has 2 rings (SSSR count). The number of amides is 2. The number of hydrogen-bond donors (Lipinski definition) is 3. The summed E-state index contributed by atoms with van der Waals surface area (Å²) in [6.45, 7) is 1.29. The van der Waals surface area contributed by atoms with Gasteiger partial charge in [0.05, 0.1) is 19.8 Å². The first-order chi connectivity index (χ1) is 9.65. The minimum absolute atomic E-state index is 0. The third kappa shape index (κ3) is 5.66. The maximum atomic E-state index is 12.9. The number of carbonyl (C=O) groups is 2. The Morgan fingerprint density at radius 3 is 2.90 bits per heavy atom. The molecule has 1 saturated heterocycles. The zero-order valence-corrected chi connectivity index (χ0v) is 12.0. The first kappa shape index (κ1) is 17.4. The summed E-state index contributed by atoms with van der Waals surface area (Å²) in [5, 5.41) is 7.98. The van der Waals surface area contributed by atoms with Crippen molar-refractivity contribution in [1.82, 2.24) is 10.6 Å². The molecule has 0 bridgehead atoms. The molecule has 21 heavy (non-hydrogen) atoms. The van der Waals surface area contributed by atoms with Crippen LogP contribution in [0.25, 0.3) is 0 Å². The van der Waals surface area contributed by atoms with Gasteiger partial charge >= 0.3 is 0 Å². The van der Waals surface area contributed by atoms with Gasteiger partial charge < -0.3 is 20.7 Å². The van der Waals surface area contributed by atoms with E-state index in [1.807, 2.05) is 0 Å². The quantitative estimate of drug-likeness (QED) is 0.746. The van der Waals surface area contributed by atoms with Crippen LogP contribution in [0, 0.1) is 5.82 Å². The Morgan fingerprint density at radius 2 is 2.24 bits per heavy atom. The van der Waals surface area contributed by atoms with Crippen LogP contribution >= 0.6 is 12.4 Å². The average molecular weight is 318 g/mol. The van der Waals surface area contributed by atoms with E-state index in [2.05, 4.69) is 16.0 Å². The summed E-state index contributed by atoms with van der Waals surface area (Å²) < 4.78 is 18.1. The van der Waals surface area contributed by atoms with Crippen LogP contribution in [0.15, 0.2) is 24.3 Å². The van der Waals surface area contributed by atoms with E-state index in [9.17, 15) is 14.0 Å². The van der Waals surface area contributed by atoms with Gasteiger partial charge in [0.25, 0.3) is 0 Å². The van der Waals surface area contributed by atoms with Crippen LogP contribution in [-0.4, -0.2) is 44.2 Å². The normalized spacial score (nSPS) is 17.5. The van der Waals surface area contributed by atoms with Crippen molar-refractivity contribution < 1.29 is 18.7 Å². The van der Waals surface area contributed by atoms with Crippen molar-refractivity contribution in [3.05, 3.63) is 30.1 Å². The third-order valence-corrected chi connectivity index (χ3v) is 2.77. The number of hydrogen-bond acceptors (Lipinski definition) is 4. The Balaban J connectivity index is 0.00000220. The number of halogens is 2. The highest BCUT2D eigenvalue weighted by atomic mass is 35.5. The Kier molecular flexibility index (Phi) is 7.07. The van der Waals surface area contributed by atoms with Crippen LogP contribution in [-0.2, 0) is 14.3 Å². The van der Waals surface area contributed by atoms with Crippen molar-refractivity contribution in [3.8, 4) is 0 Å². The van der Waals surface area contributed by atoms with Gasteiger partial charge in [0.2, 0.25) is 11.8 Å². The van der Waals surface area contributed by atoms with E-state index in [0.717, 1.165) is 0 Å². The van der Waals surface area contributed by atoms with E-state index >= 15 is 0 Å². The highest BCUT2D eigenvalue weighted by Gasteiger charge is 2.21. The predicted octanol–water partition coefficient (Wildman–Crippen LogP) is 0.291. The molecule has 1 heterocycles. The van der Waals surface area contributed by atoms with Gasteiger partial charge in [-0.15, -0.1) is 12.4 Å². The molecule has 1 aromatic carbocycles. The fourth-order valence-electron chi connectivity index (χ4n) is 1.80. The van der Waals surface area contributed by atoms with Gasteiger partial charge in [-0.3, -0.25) is 9.59 Å². The van der Waals surface area contributed by atoms with Gasteiger partial charge in [0, 0.05) is 12.2 Å². The number of anilines is 1. The molecule has 8 heteroatoms. The predicted molar refractivity (Wildman–Crippen MR) is 77.9 cm³/mol. The Morgan fingerprint density at radius 1 is 1.43 bits per heavy atom. The van der Waals surface area contributed by atoms with Crippen molar-refractivity contribution in [1.29, 1.82) is 0 Å². The van der Waals surface area contributed by atoms with E-state index in [1.165, 1.54) is 18.2 Å². The third-order valence-electron chi connectivity index (χ3n) is 2.77. The molecule has 1 atom stereocenters. The van der Waals surface area contributed by atoms with Crippen molar-refractivity contribution in [2.24, 2.45) is 0 Å². The van der Waals surface area contributed by atoms with Crippen LogP contribution in [0.2, 0.25) is 0 Å². The summed E-state index contributed by atoms with van der Waals surface area (Å²) in [6, 6.07) is 5.11. The lowest BCUT2D eigenvalue weighted by Gasteiger charge is -2.22. The fourth-order valence-corrected chi connectivity index (χ4v) is 1.80. The van der Waals surface area contributed by atoms with Gasteiger partial charge in [-0.1, -0.05) is 6.07 Å². The summed E-state index contributed by atoms with van der Waals surface area (Å²) in [5.74, 6) is -1.14. The van der Waals surface area contributed by atoms with Gasteiger partial charge in [0.15, 0.2) is 0 Å². The monoisotopic (exact) mass is 317 g/mol. The number of morpholine rings is 1. The summed E-state index contributed by atoms with van der Waals surface area (Å²) in [5.41, 5.74) is 0.350. The Hall–Kier alpha value is -1.70. The molecule has 0 spiro atoms. The van der Waals surface area contributed by atoms with E-state index < -0.39 is 17.8 Å². The van der Waals surface area contributed by atoms with Crippen molar-refractivity contribution in [3.63, 3.8) is 0 Å². The first-order valence-electron chi connectivity index (χ1n) is 6.29. The van der Waals surface area contributed by atoms with Crippen molar-refractivity contribution in [2.45, 2.75) is 6.04 Å². The van der Waals surface area contributed by atoms with Gasteiger partial charge in [-0.2, -0.15) is 0 Å². The molecule has 1 fully saturated rings. The summed E-state index contributed by atoms with van der Waals surface area (Å²) in [7, 11) is 0. The summed E-state index contributed by atoms with van der Waals surface area (Å²) >= 11 is 0. The van der Waals surface area contributed by atoms with Crippen LogP contribution in [0.3, 0.4) is 0 Å². The van der Waals surface area contributed by atoms with E-state index in [1.54, 1.807) is 6.07 Å². The van der Waals surface area contributed by atoms with E-state index in [0.29, 0.717) is 18.8 Å². The highest BCUT2D eigenvalue weighted by molar-refractivity contribution is 5.95. The van der Waals surface area contributed by atoms with Crippen LogP contribution in [0.1, 0.15) is 0 Å². The zero-order chi connectivity index (χ0) is 14.4.